The molecule has 19 heavy (non-hydrogen) atoms. The Bertz CT molecular complexity index is 467. The Balaban J connectivity index is 1.87. The second-order valence-electron chi connectivity index (χ2n) is 5.01. The lowest BCUT2D eigenvalue weighted by Gasteiger charge is -2.26. The summed E-state index contributed by atoms with van der Waals surface area (Å²) in [7, 11) is 1.83. The van der Waals surface area contributed by atoms with E-state index in [1.54, 1.807) is 4.90 Å². The van der Waals surface area contributed by atoms with Gasteiger partial charge in [-0.3, -0.25) is 4.79 Å². The number of hydrogen-bond donors (Lipinski definition) is 1. The van der Waals surface area contributed by atoms with Gasteiger partial charge in [0.25, 0.3) is 5.91 Å². The molecule has 1 aliphatic heterocycles. The van der Waals surface area contributed by atoms with Crippen LogP contribution in [-0.2, 0) is 4.79 Å². The molecule has 3 heteroatoms. The van der Waals surface area contributed by atoms with Crippen molar-refractivity contribution in [2.24, 2.45) is 5.92 Å². The van der Waals surface area contributed by atoms with Crippen molar-refractivity contribution in [3.05, 3.63) is 35.9 Å². The van der Waals surface area contributed by atoms with Crippen LogP contribution in [-0.4, -0.2) is 37.5 Å². The average Bonchev–Trinajstić information content (AvgIpc) is 2.47. The Labute approximate surface area is 115 Å². The van der Waals surface area contributed by atoms with Crippen LogP contribution in [0.3, 0.4) is 0 Å². The van der Waals surface area contributed by atoms with Gasteiger partial charge in [-0.05, 0) is 44.0 Å². The van der Waals surface area contributed by atoms with Gasteiger partial charge in [-0.1, -0.05) is 24.1 Å². The second-order valence-corrected chi connectivity index (χ2v) is 5.01. The Hall–Kier alpha value is -1.79. The van der Waals surface area contributed by atoms with Crippen LogP contribution in [0, 0.1) is 17.8 Å². The first-order valence-corrected chi connectivity index (χ1v) is 6.78. The molecule has 2 rings (SSSR count). The standard InChI is InChI=1S/C16H20N2O/c1-18(13-15-8-5-11-17-12-15)16(19)10-9-14-6-3-2-4-7-14/h2-4,6-7,15,17H,5,8,11-13H2,1H3. The van der Waals surface area contributed by atoms with Gasteiger partial charge in [0.15, 0.2) is 0 Å². The lowest BCUT2D eigenvalue weighted by Crippen LogP contribution is -2.38. The van der Waals surface area contributed by atoms with Crippen molar-refractivity contribution >= 4 is 5.91 Å². The number of piperidine rings is 1. The van der Waals surface area contributed by atoms with E-state index in [0.717, 1.165) is 25.2 Å². The van der Waals surface area contributed by atoms with Crippen LogP contribution >= 0.6 is 0 Å². The fourth-order valence-corrected chi connectivity index (χ4v) is 2.29. The minimum absolute atomic E-state index is 0.102. The fraction of sp³-hybridized carbons (Fsp3) is 0.438. The van der Waals surface area contributed by atoms with E-state index in [4.69, 9.17) is 0 Å². The van der Waals surface area contributed by atoms with Crippen LogP contribution in [0.1, 0.15) is 18.4 Å². The quantitative estimate of drug-likeness (QED) is 0.813. The monoisotopic (exact) mass is 256 g/mol. The SMILES string of the molecule is CN(CC1CCCNC1)C(=O)C#Cc1ccccc1. The summed E-state index contributed by atoms with van der Waals surface area (Å²) in [6, 6.07) is 9.60. The highest BCUT2D eigenvalue weighted by molar-refractivity contribution is 5.93. The largest absolute Gasteiger partial charge is 0.335 e. The van der Waals surface area contributed by atoms with Gasteiger partial charge in [0.1, 0.15) is 0 Å². The van der Waals surface area contributed by atoms with E-state index in [2.05, 4.69) is 17.2 Å². The van der Waals surface area contributed by atoms with Crippen molar-refractivity contribution in [2.45, 2.75) is 12.8 Å². The number of nitrogens with zero attached hydrogens (tertiary/aromatic N) is 1. The van der Waals surface area contributed by atoms with Crippen molar-refractivity contribution < 1.29 is 4.79 Å². The highest BCUT2D eigenvalue weighted by atomic mass is 16.2. The fourth-order valence-electron chi connectivity index (χ4n) is 2.29. The van der Waals surface area contributed by atoms with E-state index in [9.17, 15) is 4.79 Å². The summed E-state index contributed by atoms with van der Waals surface area (Å²) in [6.07, 6.45) is 2.39. The van der Waals surface area contributed by atoms with Crippen LogP contribution in [0.2, 0.25) is 0 Å². The molecule has 1 amide bonds. The summed E-state index contributed by atoms with van der Waals surface area (Å²) in [5, 5.41) is 3.36. The number of benzene rings is 1. The summed E-state index contributed by atoms with van der Waals surface area (Å²) in [5.74, 6) is 6.06. The summed E-state index contributed by atoms with van der Waals surface area (Å²) >= 11 is 0. The molecule has 1 fully saturated rings. The van der Waals surface area contributed by atoms with E-state index in [-0.39, 0.29) is 5.91 Å². The first-order valence-electron chi connectivity index (χ1n) is 6.78. The van der Waals surface area contributed by atoms with Crippen molar-refractivity contribution in [2.75, 3.05) is 26.7 Å². The smallest absolute Gasteiger partial charge is 0.298 e. The molecular weight excluding hydrogens is 236 g/mol. The van der Waals surface area contributed by atoms with E-state index in [0.29, 0.717) is 5.92 Å². The number of hydrogen-bond acceptors (Lipinski definition) is 2. The summed E-state index contributed by atoms with van der Waals surface area (Å²) in [6.45, 7) is 2.89. The molecule has 0 aliphatic carbocycles. The molecule has 1 heterocycles. The van der Waals surface area contributed by atoms with Crippen molar-refractivity contribution in [3.63, 3.8) is 0 Å². The molecule has 100 valence electrons. The number of rotatable bonds is 2. The zero-order valence-corrected chi connectivity index (χ0v) is 11.4. The van der Waals surface area contributed by atoms with Gasteiger partial charge < -0.3 is 10.2 Å². The van der Waals surface area contributed by atoms with Crippen LogP contribution in [0.25, 0.3) is 0 Å². The van der Waals surface area contributed by atoms with Gasteiger partial charge in [-0.2, -0.15) is 0 Å². The van der Waals surface area contributed by atoms with Crippen molar-refractivity contribution in [3.8, 4) is 11.8 Å². The van der Waals surface area contributed by atoms with E-state index < -0.39 is 0 Å². The minimum atomic E-state index is -0.102. The lowest BCUT2D eigenvalue weighted by molar-refractivity contribution is -0.124. The number of nitrogens with one attached hydrogen (secondary N) is 1. The third-order valence-corrected chi connectivity index (χ3v) is 3.37. The topological polar surface area (TPSA) is 32.3 Å². The van der Waals surface area contributed by atoms with E-state index >= 15 is 0 Å². The van der Waals surface area contributed by atoms with Crippen LogP contribution in [0.4, 0.5) is 0 Å². The van der Waals surface area contributed by atoms with Gasteiger partial charge in [0.05, 0.1) is 0 Å². The molecule has 1 aromatic rings. The van der Waals surface area contributed by atoms with Crippen LogP contribution in [0.5, 0.6) is 0 Å². The van der Waals surface area contributed by atoms with Crippen molar-refractivity contribution in [1.29, 1.82) is 0 Å². The molecule has 0 saturated carbocycles. The highest BCUT2D eigenvalue weighted by Crippen LogP contribution is 2.10. The Morgan fingerprint density at radius 2 is 2.21 bits per heavy atom. The Kier molecular flexibility index (Phi) is 5.00. The summed E-state index contributed by atoms with van der Waals surface area (Å²) in [5.41, 5.74) is 0.878. The number of carbonyl (C=O) groups is 1. The van der Waals surface area contributed by atoms with Gasteiger partial charge in [-0.25, -0.2) is 0 Å². The van der Waals surface area contributed by atoms with E-state index in [1.165, 1.54) is 12.8 Å². The molecule has 1 atom stereocenters. The minimum Gasteiger partial charge on any atom is -0.335 e. The van der Waals surface area contributed by atoms with E-state index in [1.807, 2.05) is 37.4 Å². The zero-order valence-electron chi connectivity index (χ0n) is 11.4. The first kappa shape index (κ1) is 13.6. The predicted octanol–water partition coefficient (Wildman–Crippen LogP) is 1.50. The Morgan fingerprint density at radius 3 is 2.89 bits per heavy atom. The van der Waals surface area contributed by atoms with Crippen LogP contribution < -0.4 is 5.32 Å². The van der Waals surface area contributed by atoms with Crippen molar-refractivity contribution in [1.82, 2.24) is 10.2 Å². The molecule has 1 aromatic carbocycles. The third-order valence-electron chi connectivity index (χ3n) is 3.37. The molecule has 1 unspecified atom stereocenters. The summed E-state index contributed by atoms with van der Waals surface area (Å²) in [4.78, 5) is 13.7. The number of carbonyl (C=O) groups excluding carboxylic acids is 1. The second kappa shape index (κ2) is 6.96. The lowest BCUT2D eigenvalue weighted by atomic mass is 9.99. The third kappa shape index (κ3) is 4.42. The van der Waals surface area contributed by atoms with Gasteiger partial charge in [0, 0.05) is 25.1 Å². The summed E-state index contributed by atoms with van der Waals surface area (Å²) < 4.78 is 0. The molecular formula is C16H20N2O. The predicted molar refractivity (Wildman–Crippen MR) is 76.6 cm³/mol. The first-order chi connectivity index (χ1) is 9.25. The molecule has 1 aliphatic rings. The van der Waals surface area contributed by atoms with Crippen LogP contribution in [0.15, 0.2) is 30.3 Å². The van der Waals surface area contributed by atoms with Gasteiger partial charge in [-0.15, -0.1) is 0 Å². The molecule has 0 radical (unpaired) electrons. The molecule has 1 N–H and O–H groups in total. The zero-order chi connectivity index (χ0) is 13.5. The van der Waals surface area contributed by atoms with Gasteiger partial charge >= 0.3 is 0 Å². The average molecular weight is 256 g/mol. The maximum atomic E-state index is 11.9. The maximum absolute atomic E-state index is 11.9. The molecule has 1 saturated heterocycles. The highest BCUT2D eigenvalue weighted by Gasteiger charge is 2.16. The normalized spacial score (nSPS) is 18.3. The molecule has 3 nitrogen and oxygen atoms in total. The Morgan fingerprint density at radius 1 is 1.42 bits per heavy atom. The molecule has 0 bridgehead atoms. The molecule has 0 aromatic heterocycles. The maximum Gasteiger partial charge on any atom is 0.298 e. The molecule has 0 spiro atoms. The van der Waals surface area contributed by atoms with Gasteiger partial charge in [0.2, 0.25) is 0 Å². The number of amides is 1.